The van der Waals surface area contributed by atoms with Gasteiger partial charge in [-0.05, 0) is 18.2 Å². The van der Waals surface area contributed by atoms with Crippen LogP contribution in [-0.2, 0) is 6.42 Å². The molecule has 54 valence electrons. The van der Waals surface area contributed by atoms with Crippen molar-refractivity contribution in [1.82, 2.24) is 9.97 Å². The van der Waals surface area contributed by atoms with Crippen LogP contribution in [0, 0.1) is 0 Å². The molecule has 0 saturated heterocycles. The first kappa shape index (κ1) is 6.16. The minimum Gasteiger partial charge on any atom is -0.231 e. The molecule has 0 aliphatic carbocycles. The lowest BCUT2D eigenvalue weighted by Gasteiger charge is -1.95. The largest absolute Gasteiger partial charge is 0.231 e. The number of hydrogen-bond donors (Lipinski definition) is 0. The van der Waals surface area contributed by atoms with Crippen LogP contribution >= 0.6 is 11.8 Å². The minimum absolute atomic E-state index is 0.354. The Bertz CT molecular complexity index is 252. The molecule has 0 aliphatic heterocycles. The average Bonchev–Trinajstić information content (AvgIpc) is 2.04. The Morgan fingerprint density at radius 2 is 2.50 bits per heavy atom. The van der Waals surface area contributed by atoms with Crippen molar-refractivity contribution < 1.29 is 1.37 Å². The van der Waals surface area contributed by atoms with E-state index in [4.69, 9.17) is 1.37 Å². The van der Waals surface area contributed by atoms with Crippen LogP contribution in [0.5, 0.6) is 0 Å². The van der Waals surface area contributed by atoms with E-state index < -0.39 is 0 Å². The Balaban J connectivity index is 2.99. The number of aryl methyl sites for hydroxylation is 1. The highest BCUT2D eigenvalue weighted by molar-refractivity contribution is 7.98. The molecule has 0 bridgehead atoms. The van der Waals surface area contributed by atoms with Crippen LogP contribution in [0.1, 0.15) is 13.9 Å². The van der Waals surface area contributed by atoms with Crippen LogP contribution in [0.4, 0.5) is 0 Å². The molecule has 0 aromatic carbocycles. The third kappa shape index (κ3) is 1.70. The van der Waals surface area contributed by atoms with Crippen molar-refractivity contribution in [3.8, 4) is 0 Å². The van der Waals surface area contributed by atoms with Gasteiger partial charge in [-0.1, -0.05) is 18.7 Å². The molecule has 10 heavy (non-hydrogen) atoms. The van der Waals surface area contributed by atoms with E-state index >= 15 is 0 Å². The smallest absolute Gasteiger partial charge is 0.187 e. The summed E-state index contributed by atoms with van der Waals surface area (Å²) in [5.74, 6) is 0. The molecule has 0 spiro atoms. The summed E-state index contributed by atoms with van der Waals surface area (Å²) in [6.45, 7) is 2.00. The molecule has 1 heterocycles. The van der Waals surface area contributed by atoms with E-state index in [-0.39, 0.29) is 0 Å². The van der Waals surface area contributed by atoms with Gasteiger partial charge in [-0.2, -0.15) is 0 Å². The zero-order valence-corrected chi connectivity index (χ0v) is 6.90. The predicted molar refractivity (Wildman–Crippen MR) is 43.2 cm³/mol. The second kappa shape index (κ2) is 3.56. The fourth-order valence-corrected chi connectivity index (χ4v) is 0.874. The zero-order chi connectivity index (χ0) is 8.27. The fraction of sp³-hybridized carbons (Fsp3) is 0.429. The molecule has 0 fully saturated rings. The van der Waals surface area contributed by atoms with Crippen molar-refractivity contribution in [1.29, 1.82) is 0 Å². The van der Waals surface area contributed by atoms with E-state index in [9.17, 15) is 0 Å². The normalized spacial score (nSPS) is 11.2. The quantitative estimate of drug-likeness (QED) is 0.481. The Hall–Kier alpha value is -0.570. The van der Waals surface area contributed by atoms with Gasteiger partial charge in [-0.3, -0.25) is 0 Å². The first-order chi connectivity index (χ1) is 5.27. The molecule has 1 aromatic heterocycles. The van der Waals surface area contributed by atoms with Gasteiger partial charge in [0.15, 0.2) is 5.16 Å². The van der Waals surface area contributed by atoms with Gasteiger partial charge in [0.25, 0.3) is 0 Å². The van der Waals surface area contributed by atoms with Crippen LogP contribution in [0.2, 0.25) is 0 Å². The van der Waals surface area contributed by atoms with Gasteiger partial charge in [0.05, 0.1) is 1.37 Å². The standard InChI is InChI=1S/C7H10N2S/c1-3-6-4-8-7(10-2)9-5-6/h4-5H,3H2,1-2H3/i4D. The van der Waals surface area contributed by atoms with Gasteiger partial charge < -0.3 is 0 Å². The van der Waals surface area contributed by atoms with Crippen molar-refractivity contribution in [2.45, 2.75) is 18.5 Å². The molecular formula is C7H10N2S. The lowest BCUT2D eigenvalue weighted by atomic mass is 10.3. The second-order valence-corrected chi connectivity index (χ2v) is 2.62. The highest BCUT2D eigenvalue weighted by Crippen LogP contribution is 2.06. The molecular weight excluding hydrogens is 144 g/mol. The number of rotatable bonds is 2. The van der Waals surface area contributed by atoms with E-state index in [1.807, 2.05) is 13.2 Å². The molecule has 3 heteroatoms. The topological polar surface area (TPSA) is 25.8 Å². The van der Waals surface area contributed by atoms with E-state index in [1.165, 1.54) is 11.8 Å². The number of hydrogen-bond acceptors (Lipinski definition) is 3. The van der Waals surface area contributed by atoms with E-state index in [0.29, 0.717) is 11.3 Å². The summed E-state index contributed by atoms with van der Waals surface area (Å²) in [6, 6.07) is 0. The van der Waals surface area contributed by atoms with Crippen molar-refractivity contribution in [2.24, 2.45) is 0 Å². The van der Waals surface area contributed by atoms with Gasteiger partial charge >= 0.3 is 0 Å². The molecule has 1 aromatic rings. The first-order valence-corrected chi connectivity index (χ1v) is 4.37. The Morgan fingerprint density at radius 3 is 3.00 bits per heavy atom. The van der Waals surface area contributed by atoms with Gasteiger partial charge in [0.1, 0.15) is 0 Å². The summed E-state index contributed by atoms with van der Waals surface area (Å²) in [6.07, 6.45) is 4.81. The van der Waals surface area contributed by atoms with Crippen LogP contribution < -0.4 is 0 Å². The van der Waals surface area contributed by atoms with Crippen LogP contribution in [-0.4, -0.2) is 16.2 Å². The number of thioether (sulfide) groups is 1. The molecule has 1 rings (SSSR count). The molecule has 0 N–H and O–H groups in total. The van der Waals surface area contributed by atoms with Crippen molar-refractivity contribution in [3.63, 3.8) is 0 Å². The summed E-state index contributed by atoms with van der Waals surface area (Å²) in [7, 11) is 0. The monoisotopic (exact) mass is 155 g/mol. The Kier molecular flexibility index (Phi) is 2.19. The Morgan fingerprint density at radius 1 is 1.70 bits per heavy atom. The molecule has 0 saturated carbocycles. The maximum atomic E-state index is 7.45. The molecule has 0 radical (unpaired) electrons. The summed E-state index contributed by atoms with van der Waals surface area (Å²) in [5, 5.41) is 0.673. The van der Waals surface area contributed by atoms with Gasteiger partial charge in [0, 0.05) is 12.4 Å². The average molecular weight is 155 g/mol. The summed E-state index contributed by atoms with van der Waals surface area (Å²) in [4.78, 5) is 8.04. The highest BCUT2D eigenvalue weighted by Gasteiger charge is 1.91. The third-order valence-electron chi connectivity index (χ3n) is 1.19. The maximum Gasteiger partial charge on any atom is 0.187 e. The zero-order valence-electron chi connectivity index (χ0n) is 7.09. The van der Waals surface area contributed by atoms with Crippen molar-refractivity contribution in [3.05, 3.63) is 17.9 Å². The summed E-state index contributed by atoms with van der Waals surface area (Å²) in [5.41, 5.74) is 0.905. The van der Waals surface area contributed by atoms with E-state index in [1.54, 1.807) is 6.20 Å². The number of nitrogens with zero attached hydrogens (tertiary/aromatic N) is 2. The van der Waals surface area contributed by atoms with E-state index in [2.05, 4.69) is 9.97 Å². The third-order valence-corrected chi connectivity index (χ3v) is 1.75. The van der Waals surface area contributed by atoms with Crippen molar-refractivity contribution in [2.75, 3.05) is 6.26 Å². The van der Waals surface area contributed by atoms with Gasteiger partial charge in [0.2, 0.25) is 0 Å². The number of aromatic nitrogens is 2. The van der Waals surface area contributed by atoms with Gasteiger partial charge in [-0.15, -0.1) is 0 Å². The van der Waals surface area contributed by atoms with Gasteiger partial charge in [-0.25, -0.2) is 9.97 Å². The molecule has 0 unspecified atom stereocenters. The first-order valence-electron chi connectivity index (χ1n) is 3.64. The molecule has 0 aliphatic rings. The lowest BCUT2D eigenvalue weighted by molar-refractivity contribution is 0.927. The van der Waals surface area contributed by atoms with Crippen LogP contribution in [0.15, 0.2) is 17.5 Å². The Labute approximate surface area is 66.5 Å². The molecule has 0 atom stereocenters. The van der Waals surface area contributed by atoms with Crippen LogP contribution in [0.25, 0.3) is 0 Å². The fourth-order valence-electron chi connectivity index (χ4n) is 0.579. The maximum absolute atomic E-state index is 7.45. The summed E-state index contributed by atoms with van der Waals surface area (Å²) >= 11 is 1.46. The van der Waals surface area contributed by atoms with E-state index in [0.717, 1.165) is 12.0 Å². The lowest BCUT2D eigenvalue weighted by Crippen LogP contribution is -1.87. The molecule has 2 nitrogen and oxygen atoms in total. The predicted octanol–water partition coefficient (Wildman–Crippen LogP) is 1.76. The highest BCUT2D eigenvalue weighted by atomic mass is 32.2. The SMILES string of the molecule is [2H]c1nc(SC)ncc1CC. The summed E-state index contributed by atoms with van der Waals surface area (Å²) < 4.78 is 7.45. The second-order valence-electron chi connectivity index (χ2n) is 1.85. The molecule has 0 amide bonds. The minimum atomic E-state index is 0.354. The van der Waals surface area contributed by atoms with Crippen LogP contribution in [0.3, 0.4) is 0 Å². The van der Waals surface area contributed by atoms with Crippen molar-refractivity contribution >= 4 is 11.8 Å².